The van der Waals surface area contributed by atoms with Gasteiger partial charge in [0, 0.05) is 11.6 Å². The van der Waals surface area contributed by atoms with Crippen molar-refractivity contribution in [2.75, 3.05) is 0 Å². The molecule has 2 rings (SSSR count). The highest BCUT2D eigenvalue weighted by Gasteiger charge is 2.19. The maximum absolute atomic E-state index is 10.9. The van der Waals surface area contributed by atoms with E-state index >= 15 is 0 Å². The quantitative estimate of drug-likeness (QED) is 0.676. The minimum atomic E-state index is -0.560. The number of nitro benzene ring substituents is 1. The van der Waals surface area contributed by atoms with Crippen molar-refractivity contribution < 1.29 is 4.92 Å². The summed E-state index contributed by atoms with van der Waals surface area (Å²) in [7, 11) is 0. The molecular formula is C13H17N5O2. The van der Waals surface area contributed by atoms with Gasteiger partial charge in [-0.15, -0.1) is 5.10 Å². The topological polar surface area (TPSA) is 99.9 Å². The zero-order valence-corrected chi connectivity index (χ0v) is 11.7. The van der Waals surface area contributed by atoms with Crippen molar-refractivity contribution in [3.05, 3.63) is 51.3 Å². The highest BCUT2D eigenvalue weighted by Crippen LogP contribution is 2.22. The SMILES string of the molecule is Cc1c(Cn2cc(C(C)(C)N)nn2)cccc1[N+](=O)[O-]. The number of hydrogen-bond acceptors (Lipinski definition) is 5. The van der Waals surface area contributed by atoms with Gasteiger partial charge >= 0.3 is 0 Å². The van der Waals surface area contributed by atoms with Crippen LogP contribution < -0.4 is 5.73 Å². The highest BCUT2D eigenvalue weighted by atomic mass is 16.6. The third-order valence-electron chi connectivity index (χ3n) is 3.15. The molecule has 7 nitrogen and oxygen atoms in total. The molecule has 0 saturated heterocycles. The molecule has 2 aromatic rings. The van der Waals surface area contributed by atoms with Crippen LogP contribution in [0.3, 0.4) is 0 Å². The predicted octanol–water partition coefficient (Wildman–Crippen LogP) is 1.74. The van der Waals surface area contributed by atoms with E-state index in [2.05, 4.69) is 10.3 Å². The van der Waals surface area contributed by atoms with Crippen LogP contribution in [0.1, 0.15) is 30.7 Å². The zero-order valence-electron chi connectivity index (χ0n) is 11.7. The Morgan fingerprint density at radius 1 is 1.45 bits per heavy atom. The second-order valence-corrected chi connectivity index (χ2v) is 5.34. The lowest BCUT2D eigenvalue weighted by atomic mass is 10.0. The Labute approximate surface area is 116 Å². The van der Waals surface area contributed by atoms with Gasteiger partial charge in [-0.3, -0.25) is 10.1 Å². The molecule has 2 N–H and O–H groups in total. The van der Waals surface area contributed by atoms with Gasteiger partial charge in [0.15, 0.2) is 0 Å². The van der Waals surface area contributed by atoms with Gasteiger partial charge in [0.05, 0.1) is 23.2 Å². The number of nitrogens with zero attached hydrogens (tertiary/aromatic N) is 4. The van der Waals surface area contributed by atoms with Crippen molar-refractivity contribution in [1.29, 1.82) is 0 Å². The summed E-state index contributed by atoms with van der Waals surface area (Å²) in [5.74, 6) is 0. The second-order valence-electron chi connectivity index (χ2n) is 5.34. The lowest BCUT2D eigenvalue weighted by Crippen LogP contribution is -2.29. The first-order valence-electron chi connectivity index (χ1n) is 6.21. The van der Waals surface area contributed by atoms with E-state index in [-0.39, 0.29) is 10.6 Å². The summed E-state index contributed by atoms with van der Waals surface area (Å²) in [6.45, 7) is 5.86. The molecule has 0 aliphatic rings. The van der Waals surface area contributed by atoms with E-state index in [9.17, 15) is 10.1 Å². The van der Waals surface area contributed by atoms with Crippen LogP contribution >= 0.6 is 0 Å². The van der Waals surface area contributed by atoms with E-state index in [1.165, 1.54) is 6.07 Å². The maximum Gasteiger partial charge on any atom is 0.272 e. The molecule has 106 valence electrons. The summed E-state index contributed by atoms with van der Waals surface area (Å²) in [5, 5.41) is 19.0. The number of benzene rings is 1. The van der Waals surface area contributed by atoms with Crippen LogP contribution in [0.2, 0.25) is 0 Å². The van der Waals surface area contributed by atoms with Crippen molar-refractivity contribution in [2.24, 2.45) is 5.73 Å². The van der Waals surface area contributed by atoms with Crippen LogP contribution in [-0.4, -0.2) is 19.9 Å². The molecule has 0 spiro atoms. The van der Waals surface area contributed by atoms with Crippen LogP contribution in [0.4, 0.5) is 5.69 Å². The van der Waals surface area contributed by atoms with E-state index in [0.717, 1.165) is 5.56 Å². The van der Waals surface area contributed by atoms with Crippen LogP contribution in [0.15, 0.2) is 24.4 Å². The Hall–Kier alpha value is -2.28. The fourth-order valence-corrected chi connectivity index (χ4v) is 1.88. The predicted molar refractivity (Wildman–Crippen MR) is 74.2 cm³/mol. The molecule has 1 heterocycles. The van der Waals surface area contributed by atoms with Crippen molar-refractivity contribution in [2.45, 2.75) is 32.9 Å². The first kappa shape index (κ1) is 14.1. The maximum atomic E-state index is 10.9. The van der Waals surface area contributed by atoms with Crippen LogP contribution in [0.5, 0.6) is 0 Å². The minimum Gasteiger partial charge on any atom is -0.320 e. The average Bonchev–Trinajstić information content (AvgIpc) is 2.80. The number of hydrogen-bond donors (Lipinski definition) is 1. The van der Waals surface area contributed by atoms with Gasteiger partial charge in [-0.25, -0.2) is 4.68 Å². The third kappa shape index (κ3) is 2.83. The van der Waals surface area contributed by atoms with E-state index in [1.54, 1.807) is 23.9 Å². The lowest BCUT2D eigenvalue weighted by Gasteiger charge is -2.13. The molecule has 1 aromatic heterocycles. The molecule has 1 aromatic carbocycles. The first-order chi connectivity index (χ1) is 9.29. The Kier molecular flexibility index (Phi) is 3.54. The Morgan fingerprint density at radius 3 is 2.70 bits per heavy atom. The highest BCUT2D eigenvalue weighted by molar-refractivity contribution is 5.44. The van der Waals surface area contributed by atoms with Crippen molar-refractivity contribution in [3.8, 4) is 0 Å². The van der Waals surface area contributed by atoms with Gasteiger partial charge in [0.1, 0.15) is 5.69 Å². The normalized spacial score (nSPS) is 11.6. The summed E-state index contributed by atoms with van der Waals surface area (Å²) in [4.78, 5) is 10.5. The molecule has 20 heavy (non-hydrogen) atoms. The zero-order chi connectivity index (χ0) is 14.9. The lowest BCUT2D eigenvalue weighted by molar-refractivity contribution is -0.385. The Balaban J connectivity index is 2.29. The summed E-state index contributed by atoms with van der Waals surface area (Å²) >= 11 is 0. The summed E-state index contributed by atoms with van der Waals surface area (Å²) in [6, 6.07) is 5.01. The molecule has 0 radical (unpaired) electrons. The van der Waals surface area contributed by atoms with E-state index in [1.807, 2.05) is 19.9 Å². The Bertz CT molecular complexity index is 642. The molecule has 0 saturated carbocycles. The molecule has 0 fully saturated rings. The molecule has 0 bridgehead atoms. The fourth-order valence-electron chi connectivity index (χ4n) is 1.88. The molecular weight excluding hydrogens is 258 g/mol. The molecule has 0 atom stereocenters. The van der Waals surface area contributed by atoms with Gasteiger partial charge in [-0.1, -0.05) is 17.3 Å². The van der Waals surface area contributed by atoms with Gasteiger partial charge < -0.3 is 5.73 Å². The number of rotatable bonds is 4. The van der Waals surface area contributed by atoms with Crippen molar-refractivity contribution in [1.82, 2.24) is 15.0 Å². The third-order valence-corrected chi connectivity index (χ3v) is 3.15. The minimum absolute atomic E-state index is 0.113. The second kappa shape index (κ2) is 5.01. The fraction of sp³-hybridized carbons (Fsp3) is 0.385. The monoisotopic (exact) mass is 275 g/mol. The number of aromatic nitrogens is 3. The number of nitro groups is 1. The van der Waals surface area contributed by atoms with Crippen LogP contribution in [-0.2, 0) is 12.1 Å². The molecule has 0 aliphatic heterocycles. The largest absolute Gasteiger partial charge is 0.320 e. The van der Waals surface area contributed by atoms with E-state index < -0.39 is 5.54 Å². The van der Waals surface area contributed by atoms with E-state index in [0.29, 0.717) is 17.8 Å². The van der Waals surface area contributed by atoms with Crippen molar-refractivity contribution >= 4 is 5.69 Å². The van der Waals surface area contributed by atoms with Gasteiger partial charge in [-0.05, 0) is 26.3 Å². The van der Waals surface area contributed by atoms with Gasteiger partial charge in [0.25, 0.3) is 5.69 Å². The van der Waals surface area contributed by atoms with Gasteiger partial charge in [-0.2, -0.15) is 0 Å². The summed E-state index contributed by atoms with van der Waals surface area (Å²) in [5.41, 5.74) is 7.67. The standard InChI is InChI=1S/C13H17N5O2/c1-9-10(5-4-6-11(9)18(19)20)7-17-8-12(15-16-17)13(2,3)14/h4-6,8H,7,14H2,1-3H3. The first-order valence-corrected chi connectivity index (χ1v) is 6.21. The van der Waals surface area contributed by atoms with Crippen molar-refractivity contribution in [3.63, 3.8) is 0 Å². The Morgan fingerprint density at radius 2 is 2.15 bits per heavy atom. The molecule has 0 unspecified atom stereocenters. The average molecular weight is 275 g/mol. The van der Waals surface area contributed by atoms with E-state index in [4.69, 9.17) is 5.73 Å². The number of nitrogens with two attached hydrogens (primary N) is 1. The summed E-state index contributed by atoms with van der Waals surface area (Å²) in [6.07, 6.45) is 1.76. The van der Waals surface area contributed by atoms with Gasteiger partial charge in [0.2, 0.25) is 0 Å². The smallest absolute Gasteiger partial charge is 0.272 e. The van der Waals surface area contributed by atoms with Crippen LogP contribution in [0, 0.1) is 17.0 Å². The van der Waals surface area contributed by atoms with Crippen LogP contribution in [0.25, 0.3) is 0 Å². The summed E-state index contributed by atoms with van der Waals surface area (Å²) < 4.78 is 1.63. The molecule has 0 aliphatic carbocycles. The molecule has 7 heteroatoms. The molecule has 0 amide bonds.